The zero-order valence-corrected chi connectivity index (χ0v) is 16.3. The number of nitrogens with zero attached hydrogens (tertiary/aromatic N) is 4. The number of fused-ring (bicyclic) bond motifs is 1. The van der Waals surface area contributed by atoms with Gasteiger partial charge in [0.2, 0.25) is 0 Å². The molecule has 0 amide bonds. The van der Waals surface area contributed by atoms with Crippen LogP contribution in [0.1, 0.15) is 17.1 Å². The van der Waals surface area contributed by atoms with Gasteiger partial charge in [0.15, 0.2) is 5.65 Å². The maximum Gasteiger partial charge on any atom is 0.165 e. The van der Waals surface area contributed by atoms with Crippen LogP contribution in [0.4, 0.5) is 5.82 Å². The van der Waals surface area contributed by atoms with E-state index in [9.17, 15) is 0 Å². The molecule has 3 heterocycles. The highest BCUT2D eigenvalue weighted by Crippen LogP contribution is 2.30. The fraction of sp³-hybridized carbons (Fsp3) is 0.227. The quantitative estimate of drug-likeness (QED) is 0.552. The van der Waals surface area contributed by atoms with Gasteiger partial charge in [0.25, 0.3) is 0 Å². The molecule has 1 aromatic carbocycles. The standard InChI is InChI=1S/C22H23N5O/c1-15-14-20(24-13-11-18-6-4-5-12-23-18)27-22(25-15)21(16(2)26-27)17-7-9-19(28-3)10-8-17/h4-10,12,14,24H,11,13H2,1-3H3. The Morgan fingerprint density at radius 2 is 1.89 bits per heavy atom. The van der Waals surface area contributed by atoms with Crippen molar-refractivity contribution in [2.24, 2.45) is 0 Å². The van der Waals surface area contributed by atoms with Gasteiger partial charge in [-0.15, -0.1) is 0 Å². The summed E-state index contributed by atoms with van der Waals surface area (Å²) in [6.07, 6.45) is 2.66. The molecule has 0 saturated carbocycles. The minimum absolute atomic E-state index is 0.770. The van der Waals surface area contributed by atoms with Crippen LogP contribution < -0.4 is 10.1 Å². The van der Waals surface area contributed by atoms with Gasteiger partial charge in [0, 0.05) is 42.2 Å². The van der Waals surface area contributed by atoms with Gasteiger partial charge in [-0.05, 0) is 43.7 Å². The summed E-state index contributed by atoms with van der Waals surface area (Å²) in [7, 11) is 1.67. The monoisotopic (exact) mass is 373 g/mol. The number of methoxy groups -OCH3 is 1. The summed E-state index contributed by atoms with van der Waals surface area (Å²) in [5.41, 5.74) is 5.92. The Bertz CT molecular complexity index is 1090. The SMILES string of the molecule is COc1ccc(-c2c(C)nn3c(NCCc4ccccn4)cc(C)nc23)cc1. The number of benzene rings is 1. The lowest BCUT2D eigenvalue weighted by Crippen LogP contribution is -2.10. The molecule has 142 valence electrons. The molecule has 4 aromatic rings. The first-order valence-corrected chi connectivity index (χ1v) is 9.31. The fourth-order valence-corrected chi connectivity index (χ4v) is 3.33. The van der Waals surface area contributed by atoms with E-state index in [4.69, 9.17) is 14.8 Å². The van der Waals surface area contributed by atoms with Crippen molar-refractivity contribution in [1.29, 1.82) is 0 Å². The summed E-state index contributed by atoms with van der Waals surface area (Å²) in [6.45, 7) is 4.79. The van der Waals surface area contributed by atoms with E-state index in [1.54, 1.807) is 7.11 Å². The third-order valence-electron chi connectivity index (χ3n) is 4.68. The minimum atomic E-state index is 0.770. The number of rotatable bonds is 6. The van der Waals surface area contributed by atoms with E-state index in [0.29, 0.717) is 0 Å². The Morgan fingerprint density at radius 3 is 2.61 bits per heavy atom. The second-order valence-corrected chi connectivity index (χ2v) is 6.70. The van der Waals surface area contributed by atoms with Crippen LogP contribution in [-0.2, 0) is 6.42 Å². The number of nitrogens with one attached hydrogen (secondary N) is 1. The zero-order valence-electron chi connectivity index (χ0n) is 16.3. The van der Waals surface area contributed by atoms with Crippen molar-refractivity contribution in [2.75, 3.05) is 19.0 Å². The van der Waals surface area contributed by atoms with Crippen molar-refractivity contribution in [3.63, 3.8) is 0 Å². The molecule has 0 spiro atoms. The Hall–Kier alpha value is -3.41. The third kappa shape index (κ3) is 3.53. The van der Waals surface area contributed by atoms with Gasteiger partial charge in [-0.25, -0.2) is 4.98 Å². The number of hydrogen-bond acceptors (Lipinski definition) is 5. The second-order valence-electron chi connectivity index (χ2n) is 6.70. The topological polar surface area (TPSA) is 64.3 Å². The Balaban J connectivity index is 1.66. The Kier molecular flexibility index (Phi) is 4.93. The van der Waals surface area contributed by atoms with Crippen molar-refractivity contribution in [1.82, 2.24) is 19.6 Å². The van der Waals surface area contributed by atoms with E-state index < -0.39 is 0 Å². The molecule has 3 aromatic heterocycles. The van der Waals surface area contributed by atoms with Gasteiger partial charge < -0.3 is 10.1 Å². The first-order valence-electron chi connectivity index (χ1n) is 9.31. The molecular formula is C22H23N5O. The number of aryl methyl sites for hydroxylation is 2. The van der Waals surface area contributed by atoms with Crippen molar-refractivity contribution >= 4 is 11.5 Å². The molecular weight excluding hydrogens is 350 g/mol. The number of anilines is 1. The summed E-state index contributed by atoms with van der Waals surface area (Å²) in [5, 5.41) is 8.23. The lowest BCUT2D eigenvalue weighted by Gasteiger charge is -2.10. The van der Waals surface area contributed by atoms with Crippen LogP contribution in [-0.4, -0.2) is 33.2 Å². The van der Waals surface area contributed by atoms with E-state index in [1.807, 2.05) is 73.1 Å². The molecule has 0 saturated heterocycles. The molecule has 0 unspecified atom stereocenters. The highest BCUT2D eigenvalue weighted by Gasteiger charge is 2.16. The molecule has 4 rings (SSSR count). The van der Waals surface area contributed by atoms with Gasteiger partial charge in [0.05, 0.1) is 12.8 Å². The molecule has 28 heavy (non-hydrogen) atoms. The summed E-state index contributed by atoms with van der Waals surface area (Å²) < 4.78 is 7.16. The van der Waals surface area contributed by atoms with Crippen molar-refractivity contribution in [3.05, 3.63) is 71.8 Å². The number of pyridine rings is 1. The lowest BCUT2D eigenvalue weighted by atomic mass is 10.1. The van der Waals surface area contributed by atoms with Gasteiger partial charge >= 0.3 is 0 Å². The van der Waals surface area contributed by atoms with Crippen molar-refractivity contribution in [3.8, 4) is 16.9 Å². The molecule has 0 radical (unpaired) electrons. The van der Waals surface area contributed by atoms with Crippen molar-refractivity contribution in [2.45, 2.75) is 20.3 Å². The molecule has 0 fully saturated rings. The van der Waals surface area contributed by atoms with Crippen LogP contribution in [0.15, 0.2) is 54.7 Å². The first-order chi connectivity index (χ1) is 13.7. The molecule has 0 aliphatic carbocycles. The largest absolute Gasteiger partial charge is 0.497 e. The number of ether oxygens (including phenoxy) is 1. The zero-order chi connectivity index (χ0) is 19.5. The Labute approximate surface area is 164 Å². The van der Waals surface area contributed by atoms with Crippen LogP contribution in [0.3, 0.4) is 0 Å². The van der Waals surface area contributed by atoms with Crippen LogP contribution in [0.2, 0.25) is 0 Å². The van der Waals surface area contributed by atoms with E-state index in [-0.39, 0.29) is 0 Å². The summed E-state index contributed by atoms with van der Waals surface area (Å²) in [4.78, 5) is 9.14. The van der Waals surface area contributed by atoms with E-state index in [1.165, 1.54) is 0 Å². The highest BCUT2D eigenvalue weighted by atomic mass is 16.5. The average Bonchev–Trinajstić information content (AvgIpc) is 3.04. The van der Waals surface area contributed by atoms with E-state index in [2.05, 4.69) is 10.3 Å². The minimum Gasteiger partial charge on any atom is -0.497 e. The summed E-state index contributed by atoms with van der Waals surface area (Å²) in [6, 6.07) is 16.0. The van der Waals surface area contributed by atoms with Crippen LogP contribution >= 0.6 is 0 Å². The van der Waals surface area contributed by atoms with Gasteiger partial charge in [0.1, 0.15) is 11.6 Å². The highest BCUT2D eigenvalue weighted by molar-refractivity contribution is 5.81. The summed E-state index contributed by atoms with van der Waals surface area (Å²) in [5.74, 6) is 1.76. The van der Waals surface area contributed by atoms with Gasteiger partial charge in [-0.2, -0.15) is 9.61 Å². The third-order valence-corrected chi connectivity index (χ3v) is 4.68. The van der Waals surface area contributed by atoms with Crippen LogP contribution in [0, 0.1) is 13.8 Å². The predicted octanol–water partition coefficient (Wildman–Crippen LogP) is 4.07. The fourth-order valence-electron chi connectivity index (χ4n) is 3.33. The molecule has 0 atom stereocenters. The molecule has 6 heteroatoms. The van der Waals surface area contributed by atoms with Gasteiger partial charge in [-0.3, -0.25) is 4.98 Å². The van der Waals surface area contributed by atoms with Gasteiger partial charge in [-0.1, -0.05) is 18.2 Å². The molecule has 0 aliphatic heterocycles. The molecule has 0 aliphatic rings. The smallest absolute Gasteiger partial charge is 0.165 e. The van der Waals surface area contributed by atoms with Crippen molar-refractivity contribution < 1.29 is 4.74 Å². The number of hydrogen-bond donors (Lipinski definition) is 1. The van der Waals surface area contributed by atoms with Crippen LogP contribution in [0.25, 0.3) is 16.8 Å². The summed E-state index contributed by atoms with van der Waals surface area (Å²) >= 11 is 0. The average molecular weight is 373 g/mol. The first kappa shape index (κ1) is 18.0. The maximum atomic E-state index is 5.27. The molecule has 1 N–H and O–H groups in total. The number of aromatic nitrogens is 4. The van der Waals surface area contributed by atoms with E-state index >= 15 is 0 Å². The Morgan fingerprint density at radius 1 is 1.07 bits per heavy atom. The normalized spacial score (nSPS) is 11.0. The second kappa shape index (κ2) is 7.68. The molecule has 6 nitrogen and oxygen atoms in total. The predicted molar refractivity (Wildman–Crippen MR) is 111 cm³/mol. The van der Waals surface area contributed by atoms with E-state index in [0.717, 1.165) is 58.4 Å². The molecule has 0 bridgehead atoms. The lowest BCUT2D eigenvalue weighted by molar-refractivity contribution is 0.415. The van der Waals surface area contributed by atoms with Crippen LogP contribution in [0.5, 0.6) is 5.75 Å². The maximum absolute atomic E-state index is 5.27.